The van der Waals surface area contributed by atoms with Crippen molar-refractivity contribution in [2.45, 2.75) is 19.6 Å². The lowest BCUT2D eigenvalue weighted by molar-refractivity contribution is 0.279. The van der Waals surface area contributed by atoms with Crippen molar-refractivity contribution in [1.29, 1.82) is 0 Å². The van der Waals surface area contributed by atoms with E-state index in [9.17, 15) is 4.39 Å². The summed E-state index contributed by atoms with van der Waals surface area (Å²) in [6.07, 6.45) is 0.778. The maximum atomic E-state index is 13.9. The van der Waals surface area contributed by atoms with Crippen LogP contribution in [-0.4, -0.2) is 25.2 Å². The van der Waals surface area contributed by atoms with Crippen LogP contribution in [0.1, 0.15) is 17.5 Å². The molecule has 33 heavy (non-hydrogen) atoms. The maximum Gasteiger partial charge on any atom is 0.298 e. The van der Waals surface area contributed by atoms with Gasteiger partial charge in [0.2, 0.25) is 0 Å². The first kappa shape index (κ1) is 22.9. The van der Waals surface area contributed by atoms with E-state index in [1.807, 2.05) is 23.1 Å². The fourth-order valence-electron chi connectivity index (χ4n) is 3.47. The Hall–Kier alpha value is -3.29. The van der Waals surface area contributed by atoms with E-state index in [0.717, 1.165) is 12.0 Å². The lowest BCUT2D eigenvalue weighted by Crippen LogP contribution is -2.26. The van der Waals surface area contributed by atoms with Gasteiger partial charge in [0.1, 0.15) is 17.9 Å². The number of benzene rings is 3. The molecule has 0 spiro atoms. The van der Waals surface area contributed by atoms with Crippen molar-refractivity contribution < 1.29 is 18.3 Å². The molecule has 1 aromatic heterocycles. The fraction of sp³-hybridized carbons (Fsp3) is 0.240. The van der Waals surface area contributed by atoms with Gasteiger partial charge in [-0.1, -0.05) is 35.9 Å². The van der Waals surface area contributed by atoms with Crippen LogP contribution < -0.4 is 20.1 Å². The molecule has 0 aliphatic rings. The van der Waals surface area contributed by atoms with E-state index < -0.39 is 0 Å². The van der Waals surface area contributed by atoms with Crippen molar-refractivity contribution >= 4 is 28.7 Å². The summed E-state index contributed by atoms with van der Waals surface area (Å²) in [5, 5.41) is 0.603. The molecule has 4 aromatic rings. The van der Waals surface area contributed by atoms with Gasteiger partial charge in [0, 0.05) is 23.7 Å². The largest absolute Gasteiger partial charge is 0.493 e. The maximum absolute atomic E-state index is 13.9. The molecule has 0 amide bonds. The van der Waals surface area contributed by atoms with Gasteiger partial charge in [-0.15, -0.1) is 0 Å². The molecule has 8 heteroatoms. The van der Waals surface area contributed by atoms with Gasteiger partial charge >= 0.3 is 0 Å². The number of nitrogens with zero attached hydrogens (tertiary/aromatic N) is 2. The molecule has 0 saturated heterocycles. The van der Waals surface area contributed by atoms with Crippen LogP contribution in [0.2, 0.25) is 5.02 Å². The van der Waals surface area contributed by atoms with Crippen molar-refractivity contribution in [2.75, 3.05) is 25.1 Å². The predicted molar refractivity (Wildman–Crippen MR) is 127 cm³/mol. The summed E-state index contributed by atoms with van der Waals surface area (Å²) in [6, 6.07) is 18.0. The van der Waals surface area contributed by atoms with Crippen LogP contribution in [0.4, 0.5) is 10.4 Å². The second kappa shape index (κ2) is 10.6. The summed E-state index contributed by atoms with van der Waals surface area (Å²) in [6.45, 7) is 1.86. The first-order chi connectivity index (χ1) is 16.1. The summed E-state index contributed by atoms with van der Waals surface area (Å²) in [5.41, 5.74) is 8.56. The van der Waals surface area contributed by atoms with E-state index in [2.05, 4.69) is 4.98 Å². The highest BCUT2D eigenvalue weighted by Crippen LogP contribution is 2.31. The standard InChI is InChI=1S/C25H25ClFN3O3/c1-31-24-13-17(7-9-23(24)32-16-18-5-2-3-6-20(18)27)15-30(12-4-11-28)25-29-21-14-19(26)8-10-22(21)33-25/h2-3,5-10,13-14H,4,11-12,15-16,28H2,1H3. The molecule has 0 unspecified atom stereocenters. The molecule has 0 fully saturated rings. The number of oxazole rings is 1. The molecule has 6 nitrogen and oxygen atoms in total. The first-order valence-corrected chi connectivity index (χ1v) is 11.0. The average molecular weight is 470 g/mol. The van der Waals surface area contributed by atoms with Gasteiger partial charge in [0.25, 0.3) is 6.01 Å². The van der Waals surface area contributed by atoms with Crippen LogP contribution in [0.3, 0.4) is 0 Å². The fourth-order valence-corrected chi connectivity index (χ4v) is 3.64. The number of ether oxygens (including phenoxy) is 2. The number of fused-ring (bicyclic) bond motifs is 1. The van der Waals surface area contributed by atoms with Crippen LogP contribution in [0, 0.1) is 5.82 Å². The van der Waals surface area contributed by atoms with Crippen LogP contribution in [0.25, 0.3) is 11.1 Å². The molecule has 0 aliphatic carbocycles. The third kappa shape index (κ3) is 5.56. The number of aromatic nitrogens is 1. The van der Waals surface area contributed by atoms with Crippen LogP contribution in [0.5, 0.6) is 11.5 Å². The molecule has 3 aromatic carbocycles. The number of halogens is 2. The van der Waals surface area contributed by atoms with Gasteiger partial charge in [-0.05, 0) is 54.9 Å². The van der Waals surface area contributed by atoms with Crippen LogP contribution in [0.15, 0.2) is 65.1 Å². The Bertz CT molecular complexity index is 1230. The highest BCUT2D eigenvalue weighted by atomic mass is 35.5. The van der Waals surface area contributed by atoms with Gasteiger partial charge < -0.3 is 24.5 Å². The van der Waals surface area contributed by atoms with E-state index in [4.69, 9.17) is 31.2 Å². The summed E-state index contributed by atoms with van der Waals surface area (Å²) in [7, 11) is 1.58. The zero-order valence-corrected chi connectivity index (χ0v) is 19.0. The predicted octanol–water partition coefficient (Wildman–Crippen LogP) is 5.56. The quantitative estimate of drug-likeness (QED) is 0.327. The number of hydrogen-bond donors (Lipinski definition) is 1. The van der Waals surface area contributed by atoms with Crippen molar-refractivity contribution in [2.24, 2.45) is 5.73 Å². The van der Waals surface area contributed by atoms with E-state index >= 15 is 0 Å². The number of nitrogens with two attached hydrogens (primary N) is 1. The molecule has 172 valence electrons. The smallest absolute Gasteiger partial charge is 0.298 e. The van der Waals surface area contributed by atoms with Gasteiger partial charge in [-0.25, -0.2) is 4.39 Å². The molecule has 0 bridgehead atoms. The minimum Gasteiger partial charge on any atom is -0.493 e. The number of methoxy groups -OCH3 is 1. The SMILES string of the molecule is COc1cc(CN(CCCN)c2nc3cc(Cl)ccc3o2)ccc1OCc1ccccc1F. The zero-order valence-electron chi connectivity index (χ0n) is 18.3. The van der Waals surface area contributed by atoms with E-state index in [1.54, 1.807) is 43.5 Å². The molecule has 1 heterocycles. The van der Waals surface area contributed by atoms with Gasteiger partial charge in [0.15, 0.2) is 17.1 Å². The van der Waals surface area contributed by atoms with Gasteiger partial charge in [0.05, 0.1) is 7.11 Å². The lowest BCUT2D eigenvalue weighted by atomic mass is 10.2. The number of hydrogen-bond acceptors (Lipinski definition) is 6. The molecule has 0 radical (unpaired) electrons. The van der Waals surface area contributed by atoms with Crippen LogP contribution >= 0.6 is 11.6 Å². The van der Waals surface area contributed by atoms with E-state index in [0.29, 0.717) is 58.8 Å². The molecule has 0 saturated carbocycles. The Morgan fingerprint density at radius 1 is 1.09 bits per heavy atom. The van der Waals surface area contributed by atoms with E-state index in [-0.39, 0.29) is 12.4 Å². The average Bonchev–Trinajstić information content (AvgIpc) is 3.24. The molecule has 2 N–H and O–H groups in total. The molecular weight excluding hydrogens is 445 g/mol. The highest BCUT2D eigenvalue weighted by Gasteiger charge is 2.16. The van der Waals surface area contributed by atoms with Crippen molar-refractivity contribution in [3.63, 3.8) is 0 Å². The Morgan fingerprint density at radius 3 is 2.73 bits per heavy atom. The molecule has 4 rings (SSSR count). The third-order valence-corrected chi connectivity index (χ3v) is 5.42. The van der Waals surface area contributed by atoms with Gasteiger partial charge in [-0.2, -0.15) is 4.98 Å². The van der Waals surface area contributed by atoms with Gasteiger partial charge in [-0.3, -0.25) is 0 Å². The monoisotopic (exact) mass is 469 g/mol. The Kier molecular flexibility index (Phi) is 7.32. The third-order valence-electron chi connectivity index (χ3n) is 5.18. The summed E-state index contributed by atoms with van der Waals surface area (Å²) >= 11 is 6.08. The normalized spacial score (nSPS) is 11.0. The van der Waals surface area contributed by atoms with Crippen molar-refractivity contribution in [3.05, 3.63) is 82.6 Å². The van der Waals surface area contributed by atoms with Crippen LogP contribution in [-0.2, 0) is 13.2 Å². The molecule has 0 atom stereocenters. The first-order valence-electron chi connectivity index (χ1n) is 10.6. The van der Waals surface area contributed by atoms with E-state index in [1.165, 1.54) is 6.07 Å². The van der Waals surface area contributed by atoms with Crippen molar-refractivity contribution in [3.8, 4) is 11.5 Å². The molecular formula is C25H25ClFN3O3. The topological polar surface area (TPSA) is 73.8 Å². The van der Waals surface area contributed by atoms with Crippen molar-refractivity contribution in [1.82, 2.24) is 4.98 Å². The lowest BCUT2D eigenvalue weighted by Gasteiger charge is -2.21. The Balaban J connectivity index is 1.53. The number of rotatable bonds is 10. The molecule has 0 aliphatic heterocycles. The number of anilines is 1. The summed E-state index contributed by atoms with van der Waals surface area (Å²) < 4.78 is 31.2. The highest BCUT2D eigenvalue weighted by molar-refractivity contribution is 6.31. The Morgan fingerprint density at radius 2 is 1.94 bits per heavy atom. The summed E-state index contributed by atoms with van der Waals surface area (Å²) in [4.78, 5) is 6.62. The second-order valence-electron chi connectivity index (χ2n) is 7.54. The zero-order chi connectivity index (χ0) is 23.2. The Labute approximate surface area is 196 Å². The summed E-state index contributed by atoms with van der Waals surface area (Å²) in [5.74, 6) is 0.796. The second-order valence-corrected chi connectivity index (χ2v) is 7.97. The minimum absolute atomic E-state index is 0.108. The minimum atomic E-state index is -0.303.